The van der Waals surface area contributed by atoms with Gasteiger partial charge in [-0.05, 0) is 36.4 Å². The van der Waals surface area contributed by atoms with Gasteiger partial charge < -0.3 is 4.52 Å². The Kier molecular flexibility index (Phi) is 3.57. The van der Waals surface area contributed by atoms with Gasteiger partial charge in [-0.1, -0.05) is 5.16 Å². The quantitative estimate of drug-likeness (QED) is 0.573. The fourth-order valence-corrected chi connectivity index (χ4v) is 2.42. The van der Waals surface area contributed by atoms with Gasteiger partial charge in [0.05, 0.1) is 23.8 Å². The molecule has 0 saturated heterocycles. The summed E-state index contributed by atoms with van der Waals surface area (Å²) in [6.07, 6.45) is 1.30. The predicted molar refractivity (Wildman–Crippen MR) is 84.8 cm³/mol. The van der Waals surface area contributed by atoms with Crippen LogP contribution in [0, 0.1) is 11.6 Å². The Morgan fingerprint density at radius 3 is 2.60 bits per heavy atom. The van der Waals surface area contributed by atoms with Crippen LogP contribution in [-0.4, -0.2) is 19.7 Å². The van der Waals surface area contributed by atoms with Crippen LogP contribution < -0.4 is 5.56 Å². The minimum Gasteiger partial charge on any atom is -0.334 e. The van der Waals surface area contributed by atoms with E-state index in [1.165, 1.54) is 53.4 Å². The highest BCUT2D eigenvalue weighted by Crippen LogP contribution is 2.17. The summed E-state index contributed by atoms with van der Waals surface area (Å²) < 4.78 is 32.6. The van der Waals surface area contributed by atoms with Crippen molar-refractivity contribution < 1.29 is 13.3 Å². The molecule has 0 unspecified atom stereocenters. The fraction of sp³-hybridized carbons (Fsp3) is 0.0588. The average molecular weight is 340 g/mol. The van der Waals surface area contributed by atoms with Crippen LogP contribution in [0.3, 0.4) is 0 Å². The SMILES string of the molecule is O=c1c2ccc(F)cc2ncn1Cc1noc(-c2ccc(F)cc2)n1. The van der Waals surface area contributed by atoms with Crippen molar-refractivity contribution in [2.24, 2.45) is 0 Å². The Bertz CT molecular complexity index is 1120. The molecule has 4 rings (SSSR count). The third-order valence-corrected chi connectivity index (χ3v) is 3.66. The summed E-state index contributed by atoms with van der Waals surface area (Å²) in [6.45, 7) is 0.0455. The van der Waals surface area contributed by atoms with Crippen LogP contribution in [0.5, 0.6) is 0 Å². The highest BCUT2D eigenvalue weighted by molar-refractivity contribution is 5.77. The molecule has 0 spiro atoms. The lowest BCUT2D eigenvalue weighted by molar-refractivity contribution is 0.420. The summed E-state index contributed by atoms with van der Waals surface area (Å²) in [5.41, 5.74) is 0.513. The molecule has 0 aliphatic carbocycles. The Balaban J connectivity index is 1.66. The van der Waals surface area contributed by atoms with E-state index in [4.69, 9.17) is 4.52 Å². The van der Waals surface area contributed by atoms with E-state index in [1.54, 1.807) is 0 Å². The van der Waals surface area contributed by atoms with Gasteiger partial charge >= 0.3 is 0 Å². The number of aromatic nitrogens is 4. The monoisotopic (exact) mass is 340 g/mol. The van der Waals surface area contributed by atoms with E-state index in [-0.39, 0.29) is 35.2 Å². The lowest BCUT2D eigenvalue weighted by Crippen LogP contribution is -2.21. The van der Waals surface area contributed by atoms with E-state index >= 15 is 0 Å². The highest BCUT2D eigenvalue weighted by atomic mass is 19.1. The van der Waals surface area contributed by atoms with Crippen molar-refractivity contribution in [3.05, 3.63) is 76.6 Å². The molecule has 2 aromatic heterocycles. The summed E-state index contributed by atoms with van der Waals surface area (Å²) >= 11 is 0. The van der Waals surface area contributed by atoms with Crippen LogP contribution in [0.15, 0.2) is 58.1 Å². The molecule has 0 saturated carbocycles. The van der Waals surface area contributed by atoms with Gasteiger partial charge in [-0.2, -0.15) is 4.98 Å². The molecule has 0 amide bonds. The first-order chi connectivity index (χ1) is 12.1. The number of halogens is 2. The van der Waals surface area contributed by atoms with Gasteiger partial charge in [0.1, 0.15) is 11.6 Å². The Hall–Kier alpha value is -3.42. The zero-order chi connectivity index (χ0) is 17.4. The molecule has 4 aromatic rings. The van der Waals surface area contributed by atoms with Crippen molar-refractivity contribution in [1.82, 2.24) is 19.7 Å². The normalized spacial score (nSPS) is 11.1. The van der Waals surface area contributed by atoms with Crippen LogP contribution in [-0.2, 0) is 6.54 Å². The lowest BCUT2D eigenvalue weighted by atomic mass is 10.2. The molecular formula is C17H10F2N4O2. The third-order valence-electron chi connectivity index (χ3n) is 3.66. The molecule has 124 valence electrons. The largest absolute Gasteiger partial charge is 0.334 e. The topological polar surface area (TPSA) is 73.8 Å². The molecular weight excluding hydrogens is 330 g/mol. The molecule has 0 atom stereocenters. The Morgan fingerprint density at radius 2 is 1.80 bits per heavy atom. The number of hydrogen-bond donors (Lipinski definition) is 0. The summed E-state index contributed by atoms with van der Waals surface area (Å²) in [4.78, 5) is 20.7. The molecule has 8 heteroatoms. The third kappa shape index (κ3) is 2.89. The molecule has 0 fully saturated rings. The van der Waals surface area contributed by atoms with E-state index in [1.807, 2.05) is 0 Å². The Labute approximate surface area is 139 Å². The maximum absolute atomic E-state index is 13.2. The van der Waals surface area contributed by atoms with Gasteiger partial charge in [-0.25, -0.2) is 13.8 Å². The number of hydrogen-bond acceptors (Lipinski definition) is 5. The van der Waals surface area contributed by atoms with Crippen molar-refractivity contribution in [2.45, 2.75) is 6.54 Å². The predicted octanol–water partition coefficient (Wildman–Crippen LogP) is 2.77. The van der Waals surface area contributed by atoms with Gasteiger partial charge in [0.25, 0.3) is 11.4 Å². The summed E-state index contributed by atoms with van der Waals surface area (Å²) in [5.74, 6) is -0.337. The molecule has 2 heterocycles. The van der Waals surface area contributed by atoms with Gasteiger partial charge in [0, 0.05) is 11.6 Å². The average Bonchev–Trinajstić information content (AvgIpc) is 3.06. The van der Waals surface area contributed by atoms with E-state index < -0.39 is 5.82 Å². The van der Waals surface area contributed by atoms with E-state index in [2.05, 4.69) is 15.1 Å². The highest BCUT2D eigenvalue weighted by Gasteiger charge is 2.11. The van der Waals surface area contributed by atoms with E-state index in [0.717, 1.165) is 0 Å². The lowest BCUT2D eigenvalue weighted by Gasteiger charge is -2.03. The van der Waals surface area contributed by atoms with Crippen molar-refractivity contribution >= 4 is 10.9 Å². The maximum Gasteiger partial charge on any atom is 0.261 e. The summed E-state index contributed by atoms with van der Waals surface area (Å²) in [5, 5.41) is 4.12. The first-order valence-corrected chi connectivity index (χ1v) is 7.33. The van der Waals surface area contributed by atoms with Crippen LogP contribution in [0.2, 0.25) is 0 Å². The molecule has 0 bridgehead atoms. The van der Waals surface area contributed by atoms with Gasteiger partial charge in [0.2, 0.25) is 0 Å². The minimum absolute atomic E-state index is 0.0455. The van der Waals surface area contributed by atoms with Crippen LogP contribution in [0.1, 0.15) is 5.82 Å². The number of nitrogens with zero attached hydrogens (tertiary/aromatic N) is 4. The van der Waals surface area contributed by atoms with E-state index in [0.29, 0.717) is 10.9 Å². The van der Waals surface area contributed by atoms with Gasteiger partial charge in [-0.15, -0.1) is 0 Å². The van der Waals surface area contributed by atoms with E-state index in [9.17, 15) is 13.6 Å². The van der Waals surface area contributed by atoms with Crippen molar-refractivity contribution in [3.63, 3.8) is 0 Å². The fourth-order valence-electron chi connectivity index (χ4n) is 2.42. The maximum atomic E-state index is 13.2. The molecule has 0 aliphatic rings. The molecule has 25 heavy (non-hydrogen) atoms. The molecule has 2 aromatic carbocycles. The molecule has 6 nitrogen and oxygen atoms in total. The molecule has 0 N–H and O–H groups in total. The Morgan fingerprint density at radius 1 is 1.04 bits per heavy atom. The second-order valence-electron chi connectivity index (χ2n) is 5.36. The van der Waals surface area contributed by atoms with Crippen LogP contribution >= 0.6 is 0 Å². The number of benzene rings is 2. The summed E-state index contributed by atoms with van der Waals surface area (Å²) in [7, 11) is 0. The standard InChI is InChI=1S/C17H10F2N4O2/c18-11-3-1-10(2-4-11)16-21-15(22-25-16)8-23-9-20-14-7-12(19)5-6-13(14)17(23)24/h1-7,9H,8H2. The smallest absolute Gasteiger partial charge is 0.261 e. The van der Waals surface area contributed by atoms with Crippen molar-refractivity contribution in [3.8, 4) is 11.5 Å². The zero-order valence-electron chi connectivity index (χ0n) is 12.7. The van der Waals surface area contributed by atoms with Crippen LogP contribution in [0.4, 0.5) is 8.78 Å². The molecule has 0 aliphatic heterocycles. The van der Waals surface area contributed by atoms with Gasteiger partial charge in [-0.3, -0.25) is 9.36 Å². The van der Waals surface area contributed by atoms with Gasteiger partial charge in [0.15, 0.2) is 5.82 Å². The second kappa shape index (κ2) is 5.90. The first-order valence-electron chi connectivity index (χ1n) is 7.33. The zero-order valence-corrected chi connectivity index (χ0v) is 12.7. The second-order valence-corrected chi connectivity index (χ2v) is 5.36. The summed E-state index contributed by atoms with van der Waals surface area (Å²) in [6, 6.07) is 9.40. The molecule has 0 radical (unpaired) electrons. The van der Waals surface area contributed by atoms with Crippen LogP contribution in [0.25, 0.3) is 22.4 Å². The van der Waals surface area contributed by atoms with Crippen molar-refractivity contribution in [2.75, 3.05) is 0 Å². The minimum atomic E-state index is -0.459. The number of fused-ring (bicyclic) bond motifs is 1. The number of rotatable bonds is 3. The van der Waals surface area contributed by atoms with Crippen molar-refractivity contribution in [1.29, 1.82) is 0 Å². The first kappa shape index (κ1) is 15.1.